The number of likely N-dealkylation sites (N-methyl/N-ethyl adjacent to an activating group) is 1. The summed E-state index contributed by atoms with van der Waals surface area (Å²) in [7, 11) is 0. The fraction of sp³-hybridized carbons (Fsp3) is 0.714. The van der Waals surface area contributed by atoms with E-state index in [-0.39, 0.29) is 23.6 Å². The highest BCUT2D eigenvalue weighted by Crippen LogP contribution is 2.31. The van der Waals surface area contributed by atoms with E-state index in [4.69, 9.17) is 4.74 Å². The van der Waals surface area contributed by atoms with Gasteiger partial charge >= 0.3 is 12.1 Å². The van der Waals surface area contributed by atoms with E-state index in [0.29, 0.717) is 24.4 Å². The molecule has 0 N–H and O–H groups in total. The van der Waals surface area contributed by atoms with E-state index in [1.54, 1.807) is 13.8 Å². The first kappa shape index (κ1) is 18.8. The average Bonchev–Trinajstić information content (AvgIpc) is 2.89. The lowest BCUT2D eigenvalue weighted by molar-refractivity contribution is -0.178. The minimum atomic E-state index is -4.57. The molecular weight excluding hydrogens is 347 g/mol. The SMILES string of the molecule is CCN1CC(C)(C)OC(=O)C1CC(=O)Cc1nnc(C(F)(F)F)s1. The van der Waals surface area contributed by atoms with Crippen LogP contribution in [0.4, 0.5) is 13.2 Å². The fourth-order valence-electron chi connectivity index (χ4n) is 2.56. The Kier molecular flexibility index (Phi) is 5.28. The van der Waals surface area contributed by atoms with Gasteiger partial charge in [-0.3, -0.25) is 14.5 Å². The number of cyclic esters (lactones) is 1. The molecule has 10 heteroatoms. The van der Waals surface area contributed by atoms with Crippen molar-refractivity contribution in [1.82, 2.24) is 15.1 Å². The lowest BCUT2D eigenvalue weighted by Gasteiger charge is -2.41. The van der Waals surface area contributed by atoms with Crippen LogP contribution in [0.2, 0.25) is 0 Å². The summed E-state index contributed by atoms with van der Waals surface area (Å²) < 4.78 is 42.8. The van der Waals surface area contributed by atoms with Crippen molar-refractivity contribution in [3.8, 4) is 0 Å². The number of rotatable bonds is 5. The zero-order valence-electron chi connectivity index (χ0n) is 13.5. The van der Waals surface area contributed by atoms with Gasteiger partial charge in [0, 0.05) is 13.0 Å². The number of carbonyl (C=O) groups excluding carboxylic acids is 2. The molecule has 2 heterocycles. The summed E-state index contributed by atoms with van der Waals surface area (Å²) in [5, 5.41) is 5.34. The predicted molar refractivity (Wildman–Crippen MR) is 79.4 cm³/mol. The van der Waals surface area contributed by atoms with Gasteiger partial charge in [-0.25, -0.2) is 0 Å². The molecule has 2 rings (SSSR count). The van der Waals surface area contributed by atoms with Gasteiger partial charge in [0.05, 0.1) is 6.42 Å². The number of morpholine rings is 1. The molecule has 1 fully saturated rings. The van der Waals surface area contributed by atoms with Gasteiger partial charge in [-0.15, -0.1) is 10.2 Å². The van der Waals surface area contributed by atoms with Crippen LogP contribution in [-0.2, 0) is 26.9 Å². The van der Waals surface area contributed by atoms with E-state index < -0.39 is 28.8 Å². The lowest BCUT2D eigenvalue weighted by Crippen LogP contribution is -2.57. The Balaban J connectivity index is 2.01. The summed E-state index contributed by atoms with van der Waals surface area (Å²) in [5.41, 5.74) is -0.631. The third-order valence-corrected chi connectivity index (χ3v) is 4.53. The number of ketones is 1. The molecule has 0 amide bonds. The maximum absolute atomic E-state index is 12.5. The van der Waals surface area contributed by atoms with Crippen LogP contribution in [0.5, 0.6) is 0 Å². The molecular formula is C14H18F3N3O3S. The Labute approximate surface area is 141 Å². The number of hydrogen-bond donors (Lipinski definition) is 0. The first-order valence-electron chi connectivity index (χ1n) is 7.40. The Morgan fingerprint density at radius 3 is 2.62 bits per heavy atom. The van der Waals surface area contributed by atoms with E-state index >= 15 is 0 Å². The van der Waals surface area contributed by atoms with Crippen molar-refractivity contribution in [2.24, 2.45) is 0 Å². The van der Waals surface area contributed by atoms with Crippen molar-refractivity contribution < 1.29 is 27.5 Å². The standard InChI is InChI=1S/C14H18F3N3O3S/c1-4-20-7-13(2,3)23-11(22)9(20)5-8(21)6-10-18-19-12(24-10)14(15,16)17/h9H,4-7H2,1-3H3. The van der Waals surface area contributed by atoms with Crippen LogP contribution in [0, 0.1) is 0 Å². The van der Waals surface area contributed by atoms with Gasteiger partial charge in [-0.2, -0.15) is 13.2 Å². The van der Waals surface area contributed by atoms with Crippen LogP contribution in [0.1, 0.15) is 37.2 Å². The van der Waals surface area contributed by atoms with Crippen LogP contribution in [0.15, 0.2) is 0 Å². The summed E-state index contributed by atoms with van der Waals surface area (Å²) in [6.07, 6.45) is -4.97. The topological polar surface area (TPSA) is 72.4 Å². The highest BCUT2D eigenvalue weighted by molar-refractivity contribution is 7.11. The third kappa shape index (κ3) is 4.50. The number of esters is 1. The second-order valence-corrected chi connectivity index (χ2v) is 7.24. The Bertz CT molecular complexity index is 630. The van der Waals surface area contributed by atoms with Crippen molar-refractivity contribution in [2.45, 2.75) is 51.4 Å². The molecule has 6 nitrogen and oxygen atoms in total. The predicted octanol–water partition coefficient (Wildman–Crippen LogP) is 2.08. The van der Waals surface area contributed by atoms with E-state index in [0.717, 1.165) is 0 Å². The quantitative estimate of drug-likeness (QED) is 0.744. The van der Waals surface area contributed by atoms with Crippen LogP contribution < -0.4 is 0 Å². The van der Waals surface area contributed by atoms with Crippen LogP contribution in [0.3, 0.4) is 0 Å². The van der Waals surface area contributed by atoms with E-state index in [1.165, 1.54) is 0 Å². The molecule has 0 radical (unpaired) electrons. The maximum Gasteiger partial charge on any atom is 0.445 e. The number of hydrogen-bond acceptors (Lipinski definition) is 7. The fourth-order valence-corrected chi connectivity index (χ4v) is 3.30. The van der Waals surface area contributed by atoms with Gasteiger partial charge in [0.1, 0.15) is 22.4 Å². The van der Waals surface area contributed by atoms with E-state index in [1.807, 2.05) is 11.8 Å². The smallest absolute Gasteiger partial charge is 0.445 e. The van der Waals surface area contributed by atoms with Crippen LogP contribution in [0.25, 0.3) is 0 Å². The molecule has 0 aromatic carbocycles. The zero-order valence-corrected chi connectivity index (χ0v) is 14.3. The highest BCUT2D eigenvalue weighted by atomic mass is 32.1. The van der Waals surface area contributed by atoms with Crippen molar-refractivity contribution in [2.75, 3.05) is 13.1 Å². The lowest BCUT2D eigenvalue weighted by atomic mass is 10.00. The molecule has 0 aliphatic carbocycles. The second-order valence-electron chi connectivity index (χ2n) is 6.18. The second kappa shape index (κ2) is 6.75. The number of nitrogens with zero attached hydrogens (tertiary/aromatic N) is 3. The number of carbonyl (C=O) groups is 2. The molecule has 1 aromatic rings. The molecule has 0 spiro atoms. The summed E-state index contributed by atoms with van der Waals surface area (Å²) in [6, 6.07) is -0.717. The Morgan fingerprint density at radius 1 is 1.42 bits per heavy atom. The monoisotopic (exact) mass is 365 g/mol. The molecule has 0 saturated carbocycles. The molecule has 134 valence electrons. The average molecular weight is 365 g/mol. The number of alkyl halides is 3. The summed E-state index contributed by atoms with van der Waals surface area (Å²) in [5.74, 6) is -0.866. The van der Waals surface area contributed by atoms with E-state index in [2.05, 4.69) is 10.2 Å². The van der Waals surface area contributed by atoms with Crippen molar-refractivity contribution in [3.63, 3.8) is 0 Å². The zero-order chi connectivity index (χ0) is 18.1. The van der Waals surface area contributed by atoms with Gasteiger partial charge < -0.3 is 4.74 Å². The van der Waals surface area contributed by atoms with Crippen LogP contribution >= 0.6 is 11.3 Å². The number of ether oxygens (including phenoxy) is 1. The number of halogens is 3. The van der Waals surface area contributed by atoms with Crippen LogP contribution in [-0.4, -0.2) is 51.6 Å². The maximum atomic E-state index is 12.5. The van der Waals surface area contributed by atoms with Gasteiger partial charge in [0.25, 0.3) is 0 Å². The van der Waals surface area contributed by atoms with Crippen molar-refractivity contribution in [1.29, 1.82) is 0 Å². The van der Waals surface area contributed by atoms with Gasteiger partial charge in [0.2, 0.25) is 5.01 Å². The normalized spacial score (nSPS) is 21.6. The van der Waals surface area contributed by atoms with Gasteiger partial charge in [0.15, 0.2) is 0 Å². The van der Waals surface area contributed by atoms with Crippen molar-refractivity contribution >= 4 is 23.1 Å². The Hall–Kier alpha value is -1.55. The van der Waals surface area contributed by atoms with Gasteiger partial charge in [-0.1, -0.05) is 18.3 Å². The molecule has 24 heavy (non-hydrogen) atoms. The molecule has 1 aliphatic rings. The molecule has 1 aromatic heterocycles. The first-order chi connectivity index (χ1) is 11.0. The minimum absolute atomic E-state index is 0.0140. The van der Waals surface area contributed by atoms with E-state index in [9.17, 15) is 22.8 Å². The minimum Gasteiger partial charge on any atom is -0.457 e. The van der Waals surface area contributed by atoms with Gasteiger partial charge in [-0.05, 0) is 20.4 Å². The molecule has 1 aliphatic heterocycles. The van der Waals surface area contributed by atoms with Crippen molar-refractivity contribution in [3.05, 3.63) is 10.0 Å². The number of Topliss-reactive ketones (excluding diaryl/α,β-unsaturated/α-hetero) is 1. The molecule has 1 atom stereocenters. The summed E-state index contributed by atoms with van der Waals surface area (Å²) in [6.45, 7) is 6.49. The molecule has 1 saturated heterocycles. The molecule has 1 unspecified atom stereocenters. The number of aromatic nitrogens is 2. The third-order valence-electron chi connectivity index (χ3n) is 3.56. The summed E-state index contributed by atoms with van der Waals surface area (Å²) in [4.78, 5) is 26.1. The first-order valence-corrected chi connectivity index (χ1v) is 8.21. The summed E-state index contributed by atoms with van der Waals surface area (Å²) >= 11 is 0.339. The highest BCUT2D eigenvalue weighted by Gasteiger charge is 2.41. The molecule has 0 bridgehead atoms. The largest absolute Gasteiger partial charge is 0.457 e. The Morgan fingerprint density at radius 2 is 2.08 bits per heavy atom.